The van der Waals surface area contributed by atoms with Gasteiger partial charge in [-0.05, 0) is 64.6 Å². The van der Waals surface area contributed by atoms with Gasteiger partial charge in [-0.25, -0.2) is 0 Å². The summed E-state index contributed by atoms with van der Waals surface area (Å²) in [5.41, 5.74) is 1.01. The first-order valence-corrected chi connectivity index (χ1v) is 8.55. The van der Waals surface area contributed by atoms with Crippen LogP contribution >= 0.6 is 0 Å². The predicted molar refractivity (Wildman–Crippen MR) is 91.9 cm³/mol. The molecule has 3 rings (SSSR count). The van der Waals surface area contributed by atoms with Gasteiger partial charge in [0.2, 0.25) is 0 Å². The molecule has 2 aliphatic heterocycles. The van der Waals surface area contributed by atoms with E-state index in [-0.39, 0.29) is 24.2 Å². The van der Waals surface area contributed by atoms with E-state index in [0.29, 0.717) is 0 Å². The van der Waals surface area contributed by atoms with E-state index in [1.54, 1.807) is 0 Å². The number of piperidine rings is 1. The fourth-order valence-electron chi connectivity index (χ4n) is 3.04. The van der Waals surface area contributed by atoms with E-state index in [1.165, 1.54) is 6.42 Å². The number of nitrogens with zero attached hydrogens (tertiary/aromatic N) is 1. The highest BCUT2D eigenvalue weighted by atomic mass is 16.7. The van der Waals surface area contributed by atoms with Crippen LogP contribution in [0.3, 0.4) is 0 Å². The maximum atomic E-state index is 12.5. The molecule has 124 valence electrons. The SMILES string of the molecule is CC1(C)OB(c2ccc(C(=O)N3CCCCC3)cc2)OC1(C)C. The molecule has 2 heterocycles. The van der Waals surface area contributed by atoms with Gasteiger partial charge in [0.15, 0.2) is 0 Å². The molecule has 2 fully saturated rings. The second kappa shape index (κ2) is 5.95. The first-order chi connectivity index (χ1) is 10.8. The van der Waals surface area contributed by atoms with Crippen LogP contribution in [-0.4, -0.2) is 42.2 Å². The Hall–Kier alpha value is -1.33. The number of carbonyl (C=O) groups excluding carboxylic acids is 1. The van der Waals surface area contributed by atoms with E-state index in [4.69, 9.17) is 9.31 Å². The minimum absolute atomic E-state index is 0.130. The third-order valence-electron chi connectivity index (χ3n) is 5.33. The lowest BCUT2D eigenvalue weighted by Gasteiger charge is -2.32. The number of hydrogen-bond acceptors (Lipinski definition) is 3. The monoisotopic (exact) mass is 315 g/mol. The van der Waals surface area contributed by atoms with Crippen molar-refractivity contribution in [3.63, 3.8) is 0 Å². The number of carbonyl (C=O) groups is 1. The van der Waals surface area contributed by atoms with Crippen molar-refractivity contribution in [2.45, 2.75) is 58.2 Å². The van der Waals surface area contributed by atoms with Gasteiger partial charge in [-0.3, -0.25) is 4.79 Å². The van der Waals surface area contributed by atoms with Crippen LogP contribution in [0.5, 0.6) is 0 Å². The Bertz CT molecular complexity index is 560. The molecule has 0 atom stereocenters. The molecule has 0 aromatic heterocycles. The van der Waals surface area contributed by atoms with E-state index in [9.17, 15) is 4.79 Å². The lowest BCUT2D eigenvalue weighted by molar-refractivity contribution is 0.00578. The van der Waals surface area contributed by atoms with Gasteiger partial charge in [0.1, 0.15) is 0 Å². The maximum Gasteiger partial charge on any atom is 0.494 e. The summed E-state index contributed by atoms with van der Waals surface area (Å²) in [6, 6.07) is 7.66. The van der Waals surface area contributed by atoms with Crippen LogP contribution in [0.15, 0.2) is 24.3 Å². The highest BCUT2D eigenvalue weighted by molar-refractivity contribution is 6.62. The molecule has 0 aliphatic carbocycles. The molecule has 1 amide bonds. The van der Waals surface area contributed by atoms with Gasteiger partial charge in [-0.1, -0.05) is 12.1 Å². The molecular formula is C18H26BNO3. The molecule has 0 spiro atoms. The molecule has 2 aliphatic rings. The van der Waals surface area contributed by atoms with Crippen molar-refractivity contribution >= 4 is 18.5 Å². The lowest BCUT2D eigenvalue weighted by Crippen LogP contribution is -2.41. The highest BCUT2D eigenvalue weighted by Crippen LogP contribution is 2.36. The minimum atomic E-state index is -0.376. The molecule has 0 bridgehead atoms. The zero-order valence-corrected chi connectivity index (χ0v) is 14.6. The number of amides is 1. The fourth-order valence-corrected chi connectivity index (χ4v) is 3.04. The van der Waals surface area contributed by atoms with Crippen molar-refractivity contribution in [3.8, 4) is 0 Å². The van der Waals surface area contributed by atoms with Crippen LogP contribution < -0.4 is 5.46 Å². The van der Waals surface area contributed by atoms with Gasteiger partial charge >= 0.3 is 7.12 Å². The van der Waals surface area contributed by atoms with Crippen LogP contribution in [0.25, 0.3) is 0 Å². The highest BCUT2D eigenvalue weighted by Gasteiger charge is 2.51. The van der Waals surface area contributed by atoms with E-state index in [2.05, 4.69) is 0 Å². The van der Waals surface area contributed by atoms with Gasteiger partial charge in [-0.2, -0.15) is 0 Å². The van der Waals surface area contributed by atoms with Crippen LogP contribution in [-0.2, 0) is 9.31 Å². The van der Waals surface area contributed by atoms with Crippen molar-refractivity contribution < 1.29 is 14.1 Å². The normalized spacial score (nSPS) is 23.1. The smallest absolute Gasteiger partial charge is 0.399 e. The van der Waals surface area contributed by atoms with Gasteiger partial charge < -0.3 is 14.2 Å². The molecule has 1 aromatic rings. The largest absolute Gasteiger partial charge is 0.494 e. The number of likely N-dealkylation sites (tertiary alicyclic amines) is 1. The van der Waals surface area contributed by atoms with Crippen molar-refractivity contribution in [2.24, 2.45) is 0 Å². The summed E-state index contributed by atoms with van der Waals surface area (Å²) in [6.45, 7) is 9.92. The maximum absolute atomic E-state index is 12.5. The Labute approximate surface area is 139 Å². The van der Waals surface area contributed by atoms with E-state index < -0.39 is 0 Å². The average Bonchev–Trinajstić information content (AvgIpc) is 2.76. The molecule has 2 saturated heterocycles. The summed E-state index contributed by atoms with van der Waals surface area (Å²) in [5, 5.41) is 0. The number of benzene rings is 1. The van der Waals surface area contributed by atoms with Crippen molar-refractivity contribution in [1.82, 2.24) is 4.90 Å². The third-order valence-corrected chi connectivity index (χ3v) is 5.33. The second-order valence-electron chi connectivity index (χ2n) is 7.56. The molecule has 5 heteroatoms. The summed E-state index contributed by atoms with van der Waals surface area (Å²) >= 11 is 0. The summed E-state index contributed by atoms with van der Waals surface area (Å²) in [5.74, 6) is 0.130. The third kappa shape index (κ3) is 3.17. The average molecular weight is 315 g/mol. The Morgan fingerprint density at radius 1 is 0.957 bits per heavy atom. The van der Waals surface area contributed by atoms with Gasteiger partial charge in [0, 0.05) is 18.7 Å². The van der Waals surface area contributed by atoms with Gasteiger partial charge in [-0.15, -0.1) is 0 Å². The summed E-state index contributed by atoms with van der Waals surface area (Å²) in [4.78, 5) is 14.5. The van der Waals surface area contributed by atoms with E-state index in [0.717, 1.165) is 37.0 Å². The molecule has 0 N–H and O–H groups in total. The molecule has 4 nitrogen and oxygen atoms in total. The lowest BCUT2D eigenvalue weighted by atomic mass is 9.79. The first kappa shape index (κ1) is 16.5. The molecule has 0 radical (unpaired) electrons. The van der Waals surface area contributed by atoms with Crippen LogP contribution in [0.2, 0.25) is 0 Å². The predicted octanol–water partition coefficient (Wildman–Crippen LogP) is 2.61. The van der Waals surface area contributed by atoms with Crippen molar-refractivity contribution in [3.05, 3.63) is 29.8 Å². The zero-order valence-electron chi connectivity index (χ0n) is 14.6. The first-order valence-electron chi connectivity index (χ1n) is 8.55. The van der Waals surface area contributed by atoms with E-state index >= 15 is 0 Å². The topological polar surface area (TPSA) is 38.8 Å². The zero-order chi connectivity index (χ0) is 16.7. The Morgan fingerprint density at radius 3 is 2.00 bits per heavy atom. The molecule has 1 aromatic carbocycles. The summed E-state index contributed by atoms with van der Waals surface area (Å²) < 4.78 is 12.1. The Balaban J connectivity index is 1.71. The van der Waals surface area contributed by atoms with Crippen molar-refractivity contribution in [2.75, 3.05) is 13.1 Å². The molecule has 0 unspecified atom stereocenters. The number of hydrogen-bond donors (Lipinski definition) is 0. The standard InChI is InChI=1S/C18H26BNO3/c1-17(2)18(3,4)23-19(22-17)15-10-8-14(9-11-15)16(21)20-12-6-5-7-13-20/h8-11H,5-7,12-13H2,1-4H3. The van der Waals surface area contributed by atoms with Crippen LogP contribution in [0, 0.1) is 0 Å². The molecule has 0 saturated carbocycles. The number of rotatable bonds is 2. The quantitative estimate of drug-likeness (QED) is 0.788. The van der Waals surface area contributed by atoms with E-state index in [1.807, 2.05) is 56.9 Å². The Morgan fingerprint density at radius 2 is 1.48 bits per heavy atom. The second-order valence-corrected chi connectivity index (χ2v) is 7.56. The van der Waals surface area contributed by atoms with Crippen molar-refractivity contribution in [1.29, 1.82) is 0 Å². The van der Waals surface area contributed by atoms with Crippen LogP contribution in [0.1, 0.15) is 57.3 Å². The minimum Gasteiger partial charge on any atom is -0.399 e. The van der Waals surface area contributed by atoms with Gasteiger partial charge in [0.25, 0.3) is 5.91 Å². The molecular weight excluding hydrogens is 289 g/mol. The summed E-state index contributed by atoms with van der Waals surface area (Å²) in [7, 11) is -0.376. The fraction of sp³-hybridized carbons (Fsp3) is 0.611. The van der Waals surface area contributed by atoms with Gasteiger partial charge in [0.05, 0.1) is 11.2 Å². The van der Waals surface area contributed by atoms with Crippen LogP contribution in [0.4, 0.5) is 0 Å². The molecule has 23 heavy (non-hydrogen) atoms. The Kier molecular flexibility index (Phi) is 4.28. The summed E-state index contributed by atoms with van der Waals surface area (Å²) in [6.07, 6.45) is 3.44.